The Hall–Kier alpha value is -1.39. The van der Waals surface area contributed by atoms with E-state index in [-0.39, 0.29) is 5.92 Å². The lowest BCUT2D eigenvalue weighted by molar-refractivity contribution is -0.135. The maximum Gasteiger partial charge on any atom is 0.225 e. The van der Waals surface area contributed by atoms with E-state index in [9.17, 15) is 9.90 Å². The molecule has 1 aliphatic heterocycles. The van der Waals surface area contributed by atoms with Crippen molar-refractivity contribution in [3.8, 4) is 0 Å². The predicted molar refractivity (Wildman–Crippen MR) is 103 cm³/mol. The Morgan fingerprint density at radius 2 is 1.84 bits per heavy atom. The fraction of sp³-hybridized carbons (Fsp3) is 0.667. The van der Waals surface area contributed by atoms with Gasteiger partial charge in [0, 0.05) is 26.1 Å². The van der Waals surface area contributed by atoms with E-state index < -0.39 is 6.10 Å². The van der Waals surface area contributed by atoms with Crippen molar-refractivity contribution in [2.45, 2.75) is 52.6 Å². The van der Waals surface area contributed by atoms with E-state index in [2.05, 4.69) is 43.9 Å². The van der Waals surface area contributed by atoms with Crippen molar-refractivity contribution >= 4 is 5.91 Å². The molecule has 1 aromatic carbocycles. The van der Waals surface area contributed by atoms with Gasteiger partial charge in [-0.05, 0) is 51.8 Å². The van der Waals surface area contributed by atoms with Crippen LogP contribution < -0.4 is 0 Å². The lowest BCUT2D eigenvalue weighted by Crippen LogP contribution is -2.42. The first kappa shape index (κ1) is 19.9. The SMILES string of the molecule is CCCCN(C)C(=O)C1CCN(CC(O)c2cc(C)cc(C)c2)CC1. The molecule has 1 aliphatic rings. The van der Waals surface area contributed by atoms with Gasteiger partial charge in [0.2, 0.25) is 5.91 Å². The number of unbranched alkanes of at least 4 members (excludes halogenated alkanes) is 1. The summed E-state index contributed by atoms with van der Waals surface area (Å²) in [5.74, 6) is 0.444. The third-order valence-electron chi connectivity index (χ3n) is 5.22. The molecule has 1 heterocycles. The first-order valence-corrected chi connectivity index (χ1v) is 9.64. The number of aliphatic hydroxyl groups is 1. The molecule has 140 valence electrons. The van der Waals surface area contributed by atoms with Crippen LogP contribution in [0.15, 0.2) is 18.2 Å². The second kappa shape index (κ2) is 9.35. The zero-order valence-corrected chi connectivity index (χ0v) is 16.3. The molecule has 25 heavy (non-hydrogen) atoms. The monoisotopic (exact) mass is 346 g/mol. The number of hydrogen-bond acceptors (Lipinski definition) is 3. The number of aliphatic hydroxyl groups excluding tert-OH is 1. The van der Waals surface area contributed by atoms with Crippen LogP contribution in [0.2, 0.25) is 0 Å². The topological polar surface area (TPSA) is 43.8 Å². The average molecular weight is 347 g/mol. The molecule has 1 amide bonds. The molecule has 1 atom stereocenters. The summed E-state index contributed by atoms with van der Waals surface area (Å²) in [6, 6.07) is 6.26. The molecule has 1 saturated heterocycles. The van der Waals surface area contributed by atoms with Gasteiger partial charge < -0.3 is 14.9 Å². The quantitative estimate of drug-likeness (QED) is 0.824. The summed E-state index contributed by atoms with van der Waals surface area (Å²) in [6.45, 7) is 9.57. The summed E-state index contributed by atoms with van der Waals surface area (Å²) in [5.41, 5.74) is 3.37. The van der Waals surface area contributed by atoms with Gasteiger partial charge >= 0.3 is 0 Å². The van der Waals surface area contributed by atoms with E-state index >= 15 is 0 Å². The summed E-state index contributed by atoms with van der Waals surface area (Å²) in [4.78, 5) is 16.7. The molecule has 1 aromatic rings. The molecule has 1 N–H and O–H groups in total. The third kappa shape index (κ3) is 5.82. The molecular formula is C21H34N2O2. The maximum atomic E-state index is 12.5. The van der Waals surface area contributed by atoms with Crippen molar-refractivity contribution in [2.75, 3.05) is 33.2 Å². The van der Waals surface area contributed by atoms with Crippen molar-refractivity contribution in [2.24, 2.45) is 5.92 Å². The Balaban J connectivity index is 1.82. The minimum absolute atomic E-state index is 0.150. The molecule has 4 nitrogen and oxygen atoms in total. The molecule has 0 radical (unpaired) electrons. The Bertz CT molecular complexity index is 545. The van der Waals surface area contributed by atoms with Crippen LogP contribution in [-0.4, -0.2) is 54.0 Å². The van der Waals surface area contributed by atoms with E-state index in [4.69, 9.17) is 0 Å². The molecule has 0 bridgehead atoms. The standard InChI is InChI=1S/C21H34N2O2/c1-5-6-9-22(4)21(25)18-7-10-23(11-8-18)15-20(24)19-13-16(2)12-17(3)14-19/h12-14,18,20,24H,5-11,15H2,1-4H3. The van der Waals surface area contributed by atoms with Crippen LogP contribution in [0, 0.1) is 19.8 Å². The fourth-order valence-electron chi connectivity index (χ4n) is 3.73. The molecule has 0 aliphatic carbocycles. The summed E-state index contributed by atoms with van der Waals surface area (Å²) in [5, 5.41) is 10.6. The van der Waals surface area contributed by atoms with E-state index in [1.807, 2.05) is 11.9 Å². The number of benzene rings is 1. The lowest BCUT2D eigenvalue weighted by Gasteiger charge is -2.34. The molecule has 0 saturated carbocycles. The highest BCUT2D eigenvalue weighted by Gasteiger charge is 2.27. The normalized spacial score (nSPS) is 17.5. The Morgan fingerprint density at radius 3 is 2.40 bits per heavy atom. The van der Waals surface area contributed by atoms with Crippen LogP contribution in [0.1, 0.15) is 55.4 Å². The predicted octanol–water partition coefficient (Wildman–Crippen LogP) is 3.31. The Morgan fingerprint density at radius 1 is 1.24 bits per heavy atom. The second-order valence-corrected chi connectivity index (χ2v) is 7.63. The van der Waals surface area contributed by atoms with Gasteiger partial charge in [0.25, 0.3) is 0 Å². The lowest BCUT2D eigenvalue weighted by atomic mass is 9.94. The maximum absolute atomic E-state index is 12.5. The number of piperidine rings is 1. The molecule has 4 heteroatoms. The van der Waals surface area contributed by atoms with Crippen LogP contribution in [-0.2, 0) is 4.79 Å². The number of carbonyl (C=O) groups excluding carboxylic acids is 1. The number of β-amino-alcohol motifs (C(OH)–C–C–N with tert-alkyl or cyclic N) is 1. The van der Waals surface area contributed by atoms with Gasteiger partial charge in [-0.3, -0.25) is 4.79 Å². The first-order chi connectivity index (χ1) is 11.9. The van der Waals surface area contributed by atoms with Crippen LogP contribution in [0.4, 0.5) is 0 Å². The number of aryl methyl sites for hydroxylation is 2. The highest BCUT2D eigenvalue weighted by atomic mass is 16.3. The van der Waals surface area contributed by atoms with E-state index in [0.717, 1.165) is 50.9 Å². The van der Waals surface area contributed by atoms with E-state index in [1.54, 1.807) is 0 Å². The van der Waals surface area contributed by atoms with Gasteiger partial charge in [0.15, 0.2) is 0 Å². The number of carbonyl (C=O) groups is 1. The van der Waals surface area contributed by atoms with Crippen LogP contribution >= 0.6 is 0 Å². The summed E-state index contributed by atoms with van der Waals surface area (Å²) in [6.07, 6.45) is 3.53. The summed E-state index contributed by atoms with van der Waals surface area (Å²) >= 11 is 0. The van der Waals surface area contributed by atoms with Gasteiger partial charge in [0.05, 0.1) is 6.10 Å². The van der Waals surface area contributed by atoms with Gasteiger partial charge in [-0.2, -0.15) is 0 Å². The molecule has 0 aromatic heterocycles. The fourth-order valence-corrected chi connectivity index (χ4v) is 3.73. The zero-order chi connectivity index (χ0) is 18.4. The number of hydrogen-bond donors (Lipinski definition) is 1. The van der Waals surface area contributed by atoms with Crippen molar-refractivity contribution in [1.29, 1.82) is 0 Å². The molecule has 1 unspecified atom stereocenters. The smallest absolute Gasteiger partial charge is 0.225 e. The van der Waals surface area contributed by atoms with Crippen molar-refractivity contribution in [3.05, 3.63) is 34.9 Å². The van der Waals surface area contributed by atoms with Crippen LogP contribution in [0.25, 0.3) is 0 Å². The number of rotatable bonds is 7. The van der Waals surface area contributed by atoms with Crippen LogP contribution in [0.5, 0.6) is 0 Å². The second-order valence-electron chi connectivity index (χ2n) is 7.63. The molecule has 0 spiro atoms. The van der Waals surface area contributed by atoms with Crippen molar-refractivity contribution in [1.82, 2.24) is 9.80 Å². The van der Waals surface area contributed by atoms with Gasteiger partial charge in [-0.1, -0.05) is 42.7 Å². The Labute approximate surface area is 152 Å². The average Bonchev–Trinajstić information content (AvgIpc) is 2.58. The summed E-state index contributed by atoms with van der Waals surface area (Å²) in [7, 11) is 1.92. The van der Waals surface area contributed by atoms with Gasteiger partial charge in [0.1, 0.15) is 0 Å². The number of amides is 1. The number of likely N-dealkylation sites (tertiary alicyclic amines) is 1. The molecular weight excluding hydrogens is 312 g/mol. The summed E-state index contributed by atoms with van der Waals surface area (Å²) < 4.78 is 0. The van der Waals surface area contributed by atoms with Gasteiger partial charge in [-0.25, -0.2) is 0 Å². The van der Waals surface area contributed by atoms with Crippen LogP contribution in [0.3, 0.4) is 0 Å². The minimum atomic E-state index is -0.460. The van der Waals surface area contributed by atoms with E-state index in [1.165, 1.54) is 11.1 Å². The minimum Gasteiger partial charge on any atom is -0.387 e. The third-order valence-corrected chi connectivity index (χ3v) is 5.22. The molecule has 2 rings (SSSR count). The molecule has 1 fully saturated rings. The van der Waals surface area contributed by atoms with E-state index in [0.29, 0.717) is 12.5 Å². The highest BCUT2D eigenvalue weighted by molar-refractivity contribution is 5.78. The largest absolute Gasteiger partial charge is 0.387 e. The highest BCUT2D eigenvalue weighted by Crippen LogP contribution is 2.23. The van der Waals surface area contributed by atoms with Crippen molar-refractivity contribution < 1.29 is 9.90 Å². The Kier molecular flexibility index (Phi) is 7.45. The first-order valence-electron chi connectivity index (χ1n) is 9.64. The zero-order valence-electron chi connectivity index (χ0n) is 16.3. The number of nitrogens with zero attached hydrogens (tertiary/aromatic N) is 2. The van der Waals surface area contributed by atoms with Crippen molar-refractivity contribution in [3.63, 3.8) is 0 Å². The van der Waals surface area contributed by atoms with Gasteiger partial charge in [-0.15, -0.1) is 0 Å².